The molecule has 0 fully saturated rings. The van der Waals surface area contributed by atoms with E-state index in [1.54, 1.807) is 13.8 Å². The van der Waals surface area contributed by atoms with Crippen LogP contribution in [0.5, 0.6) is 0 Å². The summed E-state index contributed by atoms with van der Waals surface area (Å²) in [6.45, 7) is 4.76. The van der Waals surface area contributed by atoms with Gasteiger partial charge in [-0.2, -0.15) is 18.4 Å². The first kappa shape index (κ1) is 19.8. The number of thioether (sulfide) groups is 1. The Labute approximate surface area is 151 Å². The molecule has 10 heteroatoms. The van der Waals surface area contributed by atoms with Gasteiger partial charge in [-0.05, 0) is 32.4 Å². The fourth-order valence-electron chi connectivity index (χ4n) is 2.09. The Morgan fingerprint density at radius 2 is 2.12 bits per heavy atom. The largest absolute Gasteiger partial charge is 0.461 e. The number of hydrogen-bond acceptors (Lipinski definition) is 7. The van der Waals surface area contributed by atoms with E-state index in [1.165, 1.54) is 6.92 Å². The zero-order valence-electron chi connectivity index (χ0n) is 14.1. The highest BCUT2D eigenvalue weighted by atomic mass is 32.2. The second-order valence-corrected chi connectivity index (χ2v) is 6.15. The summed E-state index contributed by atoms with van der Waals surface area (Å²) in [4.78, 5) is 15.4. The van der Waals surface area contributed by atoms with E-state index in [2.05, 4.69) is 10.1 Å². The molecule has 0 saturated heterocycles. The number of nitriles is 1. The van der Waals surface area contributed by atoms with E-state index in [1.807, 2.05) is 6.07 Å². The molecule has 0 bridgehead atoms. The quantitative estimate of drug-likeness (QED) is 0.567. The number of carbonyl (C=O) groups excluding carboxylic acids is 1. The molecule has 0 atom stereocenters. The number of esters is 1. The van der Waals surface area contributed by atoms with Crippen LogP contribution in [-0.4, -0.2) is 22.7 Å². The molecule has 0 aliphatic heterocycles. The van der Waals surface area contributed by atoms with Crippen molar-refractivity contribution >= 4 is 17.7 Å². The van der Waals surface area contributed by atoms with Crippen LogP contribution in [0.2, 0.25) is 0 Å². The number of carbonyl (C=O) groups is 1. The number of aryl methyl sites for hydroxylation is 2. The van der Waals surface area contributed by atoms with E-state index in [9.17, 15) is 23.2 Å². The maximum absolute atomic E-state index is 13.0. The van der Waals surface area contributed by atoms with Gasteiger partial charge in [0.15, 0.2) is 5.69 Å². The van der Waals surface area contributed by atoms with Crippen molar-refractivity contribution < 1.29 is 27.2 Å². The first-order chi connectivity index (χ1) is 12.2. The van der Waals surface area contributed by atoms with Gasteiger partial charge in [-0.1, -0.05) is 5.16 Å². The minimum atomic E-state index is -4.63. The molecule has 2 aromatic heterocycles. The molecule has 2 heterocycles. The van der Waals surface area contributed by atoms with Crippen molar-refractivity contribution in [1.82, 2.24) is 10.1 Å². The van der Waals surface area contributed by atoms with Crippen LogP contribution >= 0.6 is 11.8 Å². The normalized spacial score (nSPS) is 11.3. The Hall–Kier alpha value is -2.54. The van der Waals surface area contributed by atoms with Crippen molar-refractivity contribution in [3.05, 3.63) is 39.9 Å². The van der Waals surface area contributed by atoms with Crippen LogP contribution in [0.15, 0.2) is 15.6 Å². The topological polar surface area (TPSA) is 89.0 Å². The van der Waals surface area contributed by atoms with Gasteiger partial charge in [0.25, 0.3) is 0 Å². The molecule has 0 radical (unpaired) electrons. The summed E-state index contributed by atoms with van der Waals surface area (Å²) in [5.74, 6) is -0.303. The second-order valence-electron chi connectivity index (χ2n) is 5.19. The molecule has 0 spiro atoms. The van der Waals surface area contributed by atoms with Gasteiger partial charge in [0.1, 0.15) is 22.5 Å². The SMILES string of the molecule is CCOC(=O)c1noc(C)c1CSc1nc(C(F)(F)F)cc(C)c1C#N. The number of alkyl halides is 3. The lowest BCUT2D eigenvalue weighted by Gasteiger charge is -2.11. The van der Waals surface area contributed by atoms with Crippen molar-refractivity contribution in [2.24, 2.45) is 0 Å². The third-order valence-corrected chi connectivity index (χ3v) is 4.39. The van der Waals surface area contributed by atoms with Crippen LogP contribution in [0.4, 0.5) is 13.2 Å². The average Bonchev–Trinajstić information content (AvgIpc) is 2.92. The van der Waals surface area contributed by atoms with Gasteiger partial charge in [0.2, 0.25) is 0 Å². The molecular weight excluding hydrogens is 371 g/mol. The van der Waals surface area contributed by atoms with E-state index >= 15 is 0 Å². The van der Waals surface area contributed by atoms with Crippen molar-refractivity contribution in [3.8, 4) is 6.07 Å². The average molecular weight is 385 g/mol. The first-order valence-electron chi connectivity index (χ1n) is 7.43. The van der Waals surface area contributed by atoms with Crippen molar-refractivity contribution in [2.75, 3.05) is 6.61 Å². The zero-order valence-corrected chi connectivity index (χ0v) is 14.9. The first-order valence-corrected chi connectivity index (χ1v) is 8.41. The lowest BCUT2D eigenvalue weighted by atomic mass is 10.1. The smallest absolute Gasteiger partial charge is 0.433 e. The predicted molar refractivity (Wildman–Crippen MR) is 85.4 cm³/mol. The molecule has 0 aliphatic carbocycles. The maximum Gasteiger partial charge on any atom is 0.433 e. The minimum absolute atomic E-state index is 0.0425. The Morgan fingerprint density at radius 3 is 2.69 bits per heavy atom. The number of halogens is 3. The van der Waals surface area contributed by atoms with Gasteiger partial charge in [-0.3, -0.25) is 0 Å². The Morgan fingerprint density at radius 1 is 1.42 bits per heavy atom. The third kappa shape index (κ3) is 4.16. The monoisotopic (exact) mass is 385 g/mol. The van der Waals surface area contributed by atoms with Crippen LogP contribution in [0.3, 0.4) is 0 Å². The highest BCUT2D eigenvalue weighted by Gasteiger charge is 2.34. The molecule has 2 rings (SSSR count). The number of hydrogen-bond donors (Lipinski definition) is 0. The molecule has 0 saturated carbocycles. The van der Waals surface area contributed by atoms with Gasteiger partial charge in [0.05, 0.1) is 12.2 Å². The highest BCUT2D eigenvalue weighted by Crippen LogP contribution is 2.34. The molecule has 2 aromatic rings. The molecule has 6 nitrogen and oxygen atoms in total. The summed E-state index contributed by atoms with van der Waals surface area (Å²) < 4.78 is 48.8. The third-order valence-electron chi connectivity index (χ3n) is 3.39. The van der Waals surface area contributed by atoms with Crippen molar-refractivity contribution in [2.45, 2.75) is 37.7 Å². The number of pyridine rings is 1. The lowest BCUT2D eigenvalue weighted by molar-refractivity contribution is -0.141. The highest BCUT2D eigenvalue weighted by molar-refractivity contribution is 7.98. The lowest BCUT2D eigenvalue weighted by Crippen LogP contribution is -2.10. The molecule has 0 aromatic carbocycles. The van der Waals surface area contributed by atoms with E-state index in [0.717, 1.165) is 17.8 Å². The molecule has 0 aliphatic rings. The minimum Gasteiger partial charge on any atom is -0.461 e. The van der Waals surface area contributed by atoms with Gasteiger partial charge in [-0.15, -0.1) is 11.8 Å². The van der Waals surface area contributed by atoms with Gasteiger partial charge < -0.3 is 9.26 Å². The van der Waals surface area contributed by atoms with E-state index < -0.39 is 17.8 Å². The Bertz CT molecular complexity index is 872. The molecule has 0 unspecified atom stereocenters. The van der Waals surface area contributed by atoms with Crippen molar-refractivity contribution in [1.29, 1.82) is 5.26 Å². The Kier molecular flexibility index (Phi) is 5.92. The summed E-state index contributed by atoms with van der Waals surface area (Å²) in [6.07, 6.45) is -4.63. The number of nitrogens with zero attached hydrogens (tertiary/aromatic N) is 3. The molecule has 138 valence electrons. The molecule has 0 N–H and O–H groups in total. The summed E-state index contributed by atoms with van der Waals surface area (Å²) >= 11 is 0.896. The van der Waals surface area contributed by atoms with Crippen LogP contribution in [0, 0.1) is 25.2 Å². The Balaban J connectivity index is 2.36. The summed E-state index contributed by atoms with van der Waals surface area (Å²) in [5, 5.41) is 12.8. The number of aromatic nitrogens is 2. The fourth-order valence-corrected chi connectivity index (χ4v) is 3.23. The van der Waals surface area contributed by atoms with Crippen LogP contribution in [0.1, 0.15) is 45.6 Å². The van der Waals surface area contributed by atoms with Crippen molar-refractivity contribution in [3.63, 3.8) is 0 Å². The molecular formula is C16H14F3N3O3S. The van der Waals surface area contributed by atoms with Gasteiger partial charge in [0, 0.05) is 11.3 Å². The van der Waals surface area contributed by atoms with Crippen LogP contribution in [-0.2, 0) is 16.7 Å². The van der Waals surface area contributed by atoms with E-state index in [4.69, 9.17) is 9.26 Å². The molecule has 0 amide bonds. The summed E-state index contributed by atoms with van der Waals surface area (Å²) in [6, 6.07) is 2.69. The van der Waals surface area contributed by atoms with Crippen LogP contribution < -0.4 is 0 Å². The van der Waals surface area contributed by atoms with E-state index in [-0.39, 0.29) is 34.2 Å². The molecule has 26 heavy (non-hydrogen) atoms. The van der Waals surface area contributed by atoms with Gasteiger partial charge >= 0.3 is 12.1 Å². The number of ether oxygens (including phenoxy) is 1. The number of rotatable bonds is 5. The predicted octanol–water partition coefficient (Wildman–Crippen LogP) is 4.05. The standard InChI is InChI=1S/C16H14F3N3O3S/c1-4-24-15(23)13-11(9(3)25-22-13)7-26-14-10(6-20)8(2)5-12(21-14)16(17,18)19/h5H,4,7H2,1-3H3. The maximum atomic E-state index is 13.0. The summed E-state index contributed by atoms with van der Waals surface area (Å²) in [7, 11) is 0. The van der Waals surface area contributed by atoms with E-state index in [0.29, 0.717) is 11.3 Å². The van der Waals surface area contributed by atoms with Gasteiger partial charge in [-0.25, -0.2) is 9.78 Å². The van der Waals surface area contributed by atoms with Crippen LogP contribution in [0.25, 0.3) is 0 Å². The fraction of sp³-hybridized carbons (Fsp3) is 0.375. The summed E-state index contributed by atoms with van der Waals surface area (Å²) in [5.41, 5.74) is -0.516. The second kappa shape index (κ2) is 7.78. The zero-order chi connectivity index (χ0) is 19.5.